The van der Waals surface area contributed by atoms with Crippen LogP contribution in [0.3, 0.4) is 0 Å². The molecule has 0 aliphatic carbocycles. The van der Waals surface area contributed by atoms with Gasteiger partial charge in [0, 0.05) is 16.4 Å². The van der Waals surface area contributed by atoms with Gasteiger partial charge in [-0.1, -0.05) is 43.3 Å². The van der Waals surface area contributed by atoms with Crippen molar-refractivity contribution in [3.05, 3.63) is 56.0 Å². The van der Waals surface area contributed by atoms with Gasteiger partial charge in [-0.15, -0.1) is 11.3 Å². The van der Waals surface area contributed by atoms with Gasteiger partial charge in [0.05, 0.1) is 23.2 Å². The van der Waals surface area contributed by atoms with Gasteiger partial charge < -0.3 is 5.32 Å². The Morgan fingerprint density at radius 1 is 1.37 bits per heavy atom. The predicted octanol–water partition coefficient (Wildman–Crippen LogP) is 4.18. The summed E-state index contributed by atoms with van der Waals surface area (Å²) in [5, 5.41) is 6.47. The highest BCUT2D eigenvalue weighted by Crippen LogP contribution is 2.21. The number of hydrogen-bond donors (Lipinski definition) is 1. The van der Waals surface area contributed by atoms with E-state index in [0.717, 1.165) is 4.88 Å². The number of fused-ring (bicyclic) bond motifs is 1. The minimum Gasteiger partial charge on any atom is -0.350 e. The zero-order chi connectivity index (χ0) is 19.4. The van der Waals surface area contributed by atoms with Crippen molar-refractivity contribution in [2.75, 3.05) is 5.75 Å². The molecular formula is C19H20ClN3O2S2. The Morgan fingerprint density at radius 2 is 2.19 bits per heavy atom. The van der Waals surface area contributed by atoms with Crippen LogP contribution in [0.5, 0.6) is 0 Å². The Hall–Kier alpha value is -1.83. The molecule has 1 aromatic carbocycles. The summed E-state index contributed by atoms with van der Waals surface area (Å²) < 4.78 is 1.65. The van der Waals surface area contributed by atoms with Crippen molar-refractivity contribution >= 4 is 51.5 Å². The second-order valence-electron chi connectivity index (χ2n) is 6.51. The number of thiophene rings is 1. The maximum absolute atomic E-state index is 12.9. The first-order valence-electron chi connectivity index (χ1n) is 8.56. The third-order valence-corrected chi connectivity index (χ3v) is 5.89. The summed E-state index contributed by atoms with van der Waals surface area (Å²) in [5.74, 6) is 0.383. The normalized spacial score (nSPS) is 11.3. The molecule has 0 saturated carbocycles. The van der Waals surface area contributed by atoms with Gasteiger partial charge in [0.2, 0.25) is 5.91 Å². The minimum absolute atomic E-state index is 0.0927. The van der Waals surface area contributed by atoms with Crippen molar-refractivity contribution in [1.82, 2.24) is 14.9 Å². The van der Waals surface area contributed by atoms with E-state index >= 15 is 0 Å². The molecule has 1 N–H and O–H groups in total. The Bertz CT molecular complexity index is 1000. The fraction of sp³-hybridized carbons (Fsp3) is 0.316. The van der Waals surface area contributed by atoms with Crippen LogP contribution in [0.4, 0.5) is 0 Å². The lowest BCUT2D eigenvalue weighted by Crippen LogP contribution is -2.27. The standard InChI is InChI=1S/C19H20ClN3O2S2/c1-12(2)10-23-18(25)15-6-5-13(20)8-16(15)22-19(23)27-11-17(24)21-9-14-4-3-7-26-14/h3-8,12H,9-11H2,1-2H3,(H,21,24). The lowest BCUT2D eigenvalue weighted by atomic mass is 10.2. The van der Waals surface area contributed by atoms with Crippen molar-refractivity contribution in [2.45, 2.75) is 32.1 Å². The third kappa shape index (κ3) is 5.12. The van der Waals surface area contributed by atoms with Crippen molar-refractivity contribution in [1.29, 1.82) is 0 Å². The minimum atomic E-state index is -0.105. The summed E-state index contributed by atoms with van der Waals surface area (Å²) in [6.45, 7) is 5.14. The second kappa shape index (κ2) is 8.91. The molecule has 5 nitrogen and oxygen atoms in total. The predicted molar refractivity (Wildman–Crippen MR) is 113 cm³/mol. The molecule has 0 aliphatic heterocycles. The molecular weight excluding hydrogens is 402 g/mol. The van der Waals surface area contributed by atoms with Crippen LogP contribution in [0, 0.1) is 5.92 Å². The molecule has 0 saturated heterocycles. The van der Waals surface area contributed by atoms with Gasteiger partial charge in [-0.2, -0.15) is 0 Å². The molecule has 1 amide bonds. The van der Waals surface area contributed by atoms with Crippen LogP contribution in [0.1, 0.15) is 18.7 Å². The third-order valence-electron chi connectivity index (χ3n) is 3.80. The highest BCUT2D eigenvalue weighted by Gasteiger charge is 2.14. The van der Waals surface area contributed by atoms with E-state index in [1.807, 2.05) is 31.4 Å². The lowest BCUT2D eigenvalue weighted by molar-refractivity contribution is -0.118. The molecule has 0 atom stereocenters. The van der Waals surface area contributed by atoms with E-state index in [2.05, 4.69) is 10.3 Å². The number of carbonyl (C=O) groups excluding carboxylic acids is 1. The number of halogens is 1. The van der Waals surface area contributed by atoms with Gasteiger partial charge in [0.25, 0.3) is 5.56 Å². The lowest BCUT2D eigenvalue weighted by Gasteiger charge is -2.15. The molecule has 0 unspecified atom stereocenters. The van der Waals surface area contributed by atoms with E-state index in [4.69, 9.17) is 11.6 Å². The van der Waals surface area contributed by atoms with E-state index in [-0.39, 0.29) is 23.1 Å². The average Bonchev–Trinajstić information content (AvgIpc) is 3.14. The van der Waals surface area contributed by atoms with Crippen LogP contribution in [0.25, 0.3) is 10.9 Å². The molecule has 8 heteroatoms. The molecule has 0 aliphatic rings. The number of thioether (sulfide) groups is 1. The van der Waals surface area contributed by atoms with Crippen LogP contribution >= 0.6 is 34.7 Å². The molecule has 0 spiro atoms. The fourth-order valence-corrected chi connectivity index (χ4v) is 4.24. The van der Waals surface area contributed by atoms with E-state index in [1.54, 1.807) is 34.1 Å². The van der Waals surface area contributed by atoms with E-state index in [9.17, 15) is 9.59 Å². The van der Waals surface area contributed by atoms with Crippen molar-refractivity contribution < 1.29 is 4.79 Å². The summed E-state index contributed by atoms with van der Waals surface area (Å²) in [4.78, 5) is 30.8. The number of hydrogen-bond acceptors (Lipinski definition) is 5. The van der Waals surface area contributed by atoms with Crippen LogP contribution in [0.15, 0.2) is 45.7 Å². The average molecular weight is 422 g/mol. The van der Waals surface area contributed by atoms with Gasteiger partial charge in [-0.3, -0.25) is 14.2 Å². The molecule has 3 aromatic rings. The number of nitrogens with zero attached hydrogens (tertiary/aromatic N) is 2. The summed E-state index contributed by atoms with van der Waals surface area (Å²) in [6, 6.07) is 9.01. The van der Waals surface area contributed by atoms with E-state index in [0.29, 0.717) is 34.2 Å². The largest absolute Gasteiger partial charge is 0.350 e. The zero-order valence-electron chi connectivity index (χ0n) is 15.1. The monoisotopic (exact) mass is 421 g/mol. The van der Waals surface area contributed by atoms with Gasteiger partial charge >= 0.3 is 0 Å². The van der Waals surface area contributed by atoms with Gasteiger partial charge in [-0.05, 0) is 35.6 Å². The van der Waals surface area contributed by atoms with Gasteiger partial charge in [0.15, 0.2) is 5.16 Å². The molecule has 27 heavy (non-hydrogen) atoms. The van der Waals surface area contributed by atoms with Crippen LogP contribution in [0.2, 0.25) is 5.02 Å². The van der Waals surface area contributed by atoms with E-state index < -0.39 is 0 Å². The molecule has 0 fully saturated rings. The Morgan fingerprint density at radius 3 is 2.89 bits per heavy atom. The van der Waals surface area contributed by atoms with Crippen LogP contribution in [-0.4, -0.2) is 21.2 Å². The molecule has 3 rings (SSSR count). The SMILES string of the molecule is CC(C)Cn1c(SCC(=O)NCc2cccs2)nc2cc(Cl)ccc2c1=O. The number of carbonyl (C=O) groups is 1. The number of rotatable bonds is 7. The van der Waals surface area contributed by atoms with Crippen LogP contribution < -0.4 is 10.9 Å². The maximum atomic E-state index is 12.9. The number of amides is 1. The van der Waals surface area contributed by atoms with Crippen molar-refractivity contribution in [3.8, 4) is 0 Å². The number of aromatic nitrogens is 2. The number of nitrogens with one attached hydrogen (secondary N) is 1. The highest BCUT2D eigenvalue weighted by molar-refractivity contribution is 7.99. The van der Waals surface area contributed by atoms with Gasteiger partial charge in [0.1, 0.15) is 0 Å². The Balaban J connectivity index is 1.80. The smallest absolute Gasteiger partial charge is 0.262 e. The Labute approximate surface area is 170 Å². The van der Waals surface area contributed by atoms with Gasteiger partial charge in [-0.25, -0.2) is 4.98 Å². The quantitative estimate of drug-likeness (QED) is 0.459. The maximum Gasteiger partial charge on any atom is 0.262 e. The summed E-state index contributed by atoms with van der Waals surface area (Å²) in [6.07, 6.45) is 0. The number of benzene rings is 1. The Kier molecular flexibility index (Phi) is 6.57. The fourth-order valence-electron chi connectivity index (χ4n) is 2.59. The molecule has 142 valence electrons. The molecule has 2 aromatic heterocycles. The second-order valence-corrected chi connectivity index (χ2v) is 8.92. The summed E-state index contributed by atoms with van der Waals surface area (Å²) in [7, 11) is 0. The molecule has 0 radical (unpaired) electrons. The first kappa shape index (κ1) is 19.9. The van der Waals surface area contributed by atoms with E-state index in [1.165, 1.54) is 11.8 Å². The summed E-state index contributed by atoms with van der Waals surface area (Å²) in [5.41, 5.74) is 0.445. The first-order chi connectivity index (χ1) is 12.9. The van der Waals surface area contributed by atoms with Crippen molar-refractivity contribution in [2.24, 2.45) is 5.92 Å². The van der Waals surface area contributed by atoms with Crippen LogP contribution in [-0.2, 0) is 17.9 Å². The first-order valence-corrected chi connectivity index (χ1v) is 10.8. The summed E-state index contributed by atoms with van der Waals surface area (Å²) >= 11 is 8.92. The molecule has 0 bridgehead atoms. The molecule has 2 heterocycles. The van der Waals surface area contributed by atoms with Crippen molar-refractivity contribution in [3.63, 3.8) is 0 Å². The topological polar surface area (TPSA) is 64.0 Å². The zero-order valence-corrected chi connectivity index (χ0v) is 17.5. The highest BCUT2D eigenvalue weighted by atomic mass is 35.5.